The number of hydrogen-bond donors (Lipinski definition) is 3. The predicted molar refractivity (Wildman–Crippen MR) is 179 cm³/mol. The number of nitrogens with zero attached hydrogens (tertiary/aromatic N) is 4. The van der Waals surface area contributed by atoms with Crippen LogP contribution in [0.1, 0.15) is 77.5 Å². The van der Waals surface area contributed by atoms with Gasteiger partial charge in [0.15, 0.2) is 12.2 Å². The van der Waals surface area contributed by atoms with E-state index in [0.29, 0.717) is 34.7 Å². The molecule has 0 saturated carbocycles. The van der Waals surface area contributed by atoms with Gasteiger partial charge in [-0.15, -0.1) is 11.3 Å². The maximum Gasteiger partial charge on any atom is 0.268 e. The second kappa shape index (κ2) is 13.0. The molecule has 0 aliphatic rings. The van der Waals surface area contributed by atoms with Gasteiger partial charge in [-0.05, 0) is 61.4 Å². The number of benzene rings is 1. The lowest BCUT2D eigenvalue weighted by molar-refractivity contribution is -0.118. The summed E-state index contributed by atoms with van der Waals surface area (Å²) in [6.45, 7) is 19.3. The highest BCUT2D eigenvalue weighted by Crippen LogP contribution is 2.30. The molecule has 4 rings (SSSR count). The molecule has 11 heteroatoms. The Morgan fingerprint density at radius 2 is 1.84 bits per heavy atom. The molecule has 0 spiro atoms. The zero-order valence-corrected chi connectivity index (χ0v) is 28.3. The SMILES string of the molecule is CC(NCc1ccc2c(c1)nc(NC(=O)c1ccc(-c3cnco3)s1)n2CC(C)(C)NC(=O)C(C#N)=CC(C)(C)C)C(C)(C)C. The molecule has 3 aromatic heterocycles. The molecule has 10 nitrogen and oxygen atoms in total. The highest BCUT2D eigenvalue weighted by Gasteiger charge is 2.27. The summed E-state index contributed by atoms with van der Waals surface area (Å²) >= 11 is 1.29. The lowest BCUT2D eigenvalue weighted by Gasteiger charge is -2.28. The van der Waals surface area contributed by atoms with Gasteiger partial charge >= 0.3 is 0 Å². The number of carbonyl (C=O) groups is 2. The van der Waals surface area contributed by atoms with Gasteiger partial charge in [0, 0.05) is 19.1 Å². The summed E-state index contributed by atoms with van der Waals surface area (Å²) in [7, 11) is 0. The highest BCUT2D eigenvalue weighted by atomic mass is 32.1. The van der Waals surface area contributed by atoms with Gasteiger partial charge in [0.05, 0.1) is 32.5 Å². The van der Waals surface area contributed by atoms with Crippen molar-refractivity contribution in [3.05, 3.63) is 65.0 Å². The third-order valence-electron chi connectivity index (χ3n) is 7.40. The van der Waals surface area contributed by atoms with Crippen LogP contribution in [-0.4, -0.2) is 37.9 Å². The number of rotatable bonds is 10. The Morgan fingerprint density at radius 1 is 1.11 bits per heavy atom. The molecule has 0 radical (unpaired) electrons. The second-order valence-electron chi connectivity index (χ2n) is 14.2. The van der Waals surface area contributed by atoms with Crippen LogP contribution in [0.4, 0.5) is 5.95 Å². The van der Waals surface area contributed by atoms with E-state index < -0.39 is 11.4 Å². The van der Waals surface area contributed by atoms with Crippen molar-refractivity contribution in [2.75, 3.05) is 5.32 Å². The van der Waals surface area contributed by atoms with Gasteiger partial charge < -0.3 is 19.6 Å². The minimum Gasteiger partial charge on any atom is -0.443 e. The van der Waals surface area contributed by atoms with Gasteiger partial charge in [0.1, 0.15) is 11.6 Å². The van der Waals surface area contributed by atoms with E-state index in [1.165, 1.54) is 17.7 Å². The molecule has 0 bridgehead atoms. The summed E-state index contributed by atoms with van der Waals surface area (Å²) in [5, 5.41) is 19.2. The molecule has 1 aromatic carbocycles. The van der Waals surface area contributed by atoms with Crippen molar-refractivity contribution < 1.29 is 14.0 Å². The van der Waals surface area contributed by atoms with Crippen LogP contribution in [0.25, 0.3) is 21.7 Å². The molecule has 0 aliphatic carbocycles. The number of fused-ring (bicyclic) bond motifs is 1. The first-order valence-electron chi connectivity index (χ1n) is 14.9. The summed E-state index contributed by atoms with van der Waals surface area (Å²) in [6.07, 6.45) is 4.62. The molecule has 238 valence electrons. The minimum atomic E-state index is -0.803. The van der Waals surface area contributed by atoms with Gasteiger partial charge in [-0.3, -0.25) is 14.9 Å². The Balaban J connectivity index is 1.65. The van der Waals surface area contributed by atoms with E-state index in [1.54, 1.807) is 18.3 Å². The molecule has 0 saturated heterocycles. The molecule has 0 aliphatic heterocycles. The maximum absolute atomic E-state index is 13.4. The molecule has 0 fully saturated rings. The number of allylic oxidation sites excluding steroid dienone is 1. The van der Waals surface area contributed by atoms with Gasteiger partial charge in [-0.25, -0.2) is 9.97 Å². The predicted octanol–water partition coefficient (Wildman–Crippen LogP) is 6.92. The summed E-state index contributed by atoms with van der Waals surface area (Å²) < 4.78 is 7.28. The fourth-order valence-corrected chi connectivity index (χ4v) is 5.46. The molecular weight excluding hydrogens is 586 g/mol. The number of amides is 2. The average molecular weight is 630 g/mol. The Bertz CT molecular complexity index is 1740. The number of carbonyl (C=O) groups excluding carboxylic acids is 2. The number of hydrogen-bond acceptors (Lipinski definition) is 8. The topological polar surface area (TPSA) is 138 Å². The van der Waals surface area contributed by atoms with Crippen molar-refractivity contribution >= 4 is 40.1 Å². The average Bonchev–Trinajstić information content (AvgIpc) is 3.69. The van der Waals surface area contributed by atoms with Crippen molar-refractivity contribution in [1.29, 1.82) is 5.26 Å². The lowest BCUT2D eigenvalue weighted by atomic mass is 9.88. The van der Waals surface area contributed by atoms with Crippen LogP contribution in [0.2, 0.25) is 0 Å². The highest BCUT2D eigenvalue weighted by molar-refractivity contribution is 7.17. The van der Waals surface area contributed by atoms with E-state index in [0.717, 1.165) is 16.0 Å². The first-order valence-corrected chi connectivity index (χ1v) is 15.8. The van der Waals surface area contributed by atoms with Crippen LogP contribution in [0.15, 0.2) is 59.0 Å². The summed E-state index contributed by atoms with van der Waals surface area (Å²) in [4.78, 5) is 36.6. The molecule has 3 heterocycles. The summed E-state index contributed by atoms with van der Waals surface area (Å²) in [6, 6.07) is 11.9. The molecule has 4 aromatic rings. The zero-order chi connectivity index (χ0) is 33.2. The summed E-state index contributed by atoms with van der Waals surface area (Å²) in [5.41, 5.74) is 1.62. The Hall–Kier alpha value is -4.27. The summed E-state index contributed by atoms with van der Waals surface area (Å²) in [5.74, 6) is 0.172. The maximum atomic E-state index is 13.4. The van der Waals surface area contributed by atoms with Crippen LogP contribution in [0.5, 0.6) is 0 Å². The van der Waals surface area contributed by atoms with E-state index in [2.05, 4.69) is 48.6 Å². The van der Waals surface area contributed by atoms with Crippen LogP contribution in [0, 0.1) is 22.2 Å². The van der Waals surface area contributed by atoms with Gasteiger partial charge in [0.2, 0.25) is 5.95 Å². The Kier molecular flexibility index (Phi) is 9.71. The monoisotopic (exact) mass is 629 g/mol. The molecule has 1 unspecified atom stereocenters. The van der Waals surface area contributed by atoms with Crippen LogP contribution >= 0.6 is 11.3 Å². The molecule has 3 N–H and O–H groups in total. The number of nitrogens with one attached hydrogen (secondary N) is 3. The van der Waals surface area contributed by atoms with Gasteiger partial charge in [-0.2, -0.15) is 5.26 Å². The van der Waals surface area contributed by atoms with Crippen molar-refractivity contribution in [2.45, 2.75) is 87.0 Å². The van der Waals surface area contributed by atoms with Crippen molar-refractivity contribution in [1.82, 2.24) is 25.2 Å². The van der Waals surface area contributed by atoms with E-state index in [1.807, 2.05) is 69.5 Å². The number of thiophene rings is 1. The van der Waals surface area contributed by atoms with Crippen molar-refractivity contribution in [3.8, 4) is 16.7 Å². The normalized spacial score (nSPS) is 13.5. The quantitative estimate of drug-likeness (QED) is 0.128. The number of oxazole rings is 1. The minimum absolute atomic E-state index is 0.0569. The number of imidazole rings is 1. The first-order chi connectivity index (χ1) is 21.0. The van der Waals surface area contributed by atoms with Crippen LogP contribution < -0.4 is 16.0 Å². The number of aromatic nitrogens is 3. The first kappa shape index (κ1) is 33.6. The van der Waals surface area contributed by atoms with E-state index in [9.17, 15) is 14.9 Å². The fourth-order valence-electron chi connectivity index (χ4n) is 4.60. The molecular formula is C34H43N7O3S. The van der Waals surface area contributed by atoms with E-state index >= 15 is 0 Å². The second-order valence-corrected chi connectivity index (χ2v) is 15.3. The van der Waals surface area contributed by atoms with Crippen molar-refractivity contribution in [2.24, 2.45) is 10.8 Å². The lowest BCUT2D eigenvalue weighted by Crippen LogP contribution is -2.47. The van der Waals surface area contributed by atoms with Crippen LogP contribution in [0.3, 0.4) is 0 Å². The molecule has 1 atom stereocenters. The number of nitriles is 1. The fraction of sp³-hybridized carbons (Fsp3) is 0.441. The molecule has 45 heavy (non-hydrogen) atoms. The zero-order valence-electron chi connectivity index (χ0n) is 27.5. The van der Waals surface area contributed by atoms with Gasteiger partial charge in [0.25, 0.3) is 11.8 Å². The smallest absolute Gasteiger partial charge is 0.268 e. The standard InChI is InChI=1S/C34H43N7O3S/c1-21(33(5,6)7)37-17-22-10-11-25-24(14-22)38-31(39-30(43)28-13-12-27(45-28)26-18-36-20-44-26)41(25)19-34(8,9)40-29(42)23(16-35)15-32(2,3)4/h10-15,18,20-21,37H,17,19H2,1-9H3,(H,40,42)(H,38,39,43). The van der Waals surface area contributed by atoms with Gasteiger partial charge in [-0.1, -0.05) is 53.7 Å². The van der Waals surface area contributed by atoms with E-state index in [-0.39, 0.29) is 28.9 Å². The molecule has 2 amide bonds. The van der Waals surface area contributed by atoms with Crippen LogP contribution in [-0.2, 0) is 17.9 Å². The third kappa shape index (κ3) is 8.68. The van der Waals surface area contributed by atoms with E-state index in [4.69, 9.17) is 9.40 Å². The number of anilines is 1. The third-order valence-corrected chi connectivity index (χ3v) is 8.50. The van der Waals surface area contributed by atoms with Crippen molar-refractivity contribution in [3.63, 3.8) is 0 Å². The Labute approximate surface area is 268 Å². The largest absolute Gasteiger partial charge is 0.443 e. The Morgan fingerprint density at radius 3 is 2.47 bits per heavy atom.